The highest BCUT2D eigenvalue weighted by molar-refractivity contribution is 6.36. The van der Waals surface area contributed by atoms with Crippen molar-refractivity contribution >= 4 is 51.6 Å². The summed E-state index contributed by atoms with van der Waals surface area (Å²) >= 11 is 19.0. The Morgan fingerprint density at radius 2 is 1.93 bits per heavy atom. The minimum atomic E-state index is -0.445. The van der Waals surface area contributed by atoms with Gasteiger partial charge in [0.15, 0.2) is 5.78 Å². The molecule has 0 bridgehead atoms. The molecule has 1 saturated carbocycles. The average Bonchev–Trinajstić information content (AvgIpc) is 3.47. The summed E-state index contributed by atoms with van der Waals surface area (Å²) in [5.41, 5.74) is 2.95. The van der Waals surface area contributed by atoms with E-state index in [9.17, 15) is 4.79 Å². The molecule has 4 nitrogen and oxygen atoms in total. The summed E-state index contributed by atoms with van der Waals surface area (Å²) in [5, 5.41) is 1.62. The summed E-state index contributed by atoms with van der Waals surface area (Å²) in [4.78, 5) is 17.7. The summed E-state index contributed by atoms with van der Waals surface area (Å²) < 4.78 is 8.21. The third-order valence-electron chi connectivity index (χ3n) is 5.38. The largest absolute Gasteiger partial charge is 0.365 e. The van der Waals surface area contributed by atoms with Gasteiger partial charge < -0.3 is 9.30 Å². The molecule has 1 fully saturated rings. The Balaban J connectivity index is 1.74. The Bertz CT molecular complexity index is 1100. The maximum absolute atomic E-state index is 12.9. The van der Waals surface area contributed by atoms with Crippen LogP contribution < -0.4 is 0 Å². The molecular weight excluding hydrogens is 419 g/mol. The minimum absolute atomic E-state index is 0.124. The van der Waals surface area contributed by atoms with Crippen LogP contribution in [0.15, 0.2) is 30.3 Å². The van der Waals surface area contributed by atoms with Gasteiger partial charge in [-0.25, -0.2) is 4.98 Å². The standard InChI is InChI=1S/C21H17Cl3N2O2/c22-12-4-5-13(16(24)10-12)20-21-25-17-15(23)7-6-14(19(27)11-2-3-11)18(17)26(21)8-1-9-28-20/h4-7,10-11,20H,1-3,8-9H2. The predicted octanol–water partition coefficient (Wildman–Crippen LogP) is 6.10. The number of carbonyl (C=O) groups is 1. The van der Waals surface area contributed by atoms with Crippen LogP contribution in [0.1, 0.15) is 47.1 Å². The smallest absolute Gasteiger partial charge is 0.168 e. The molecule has 1 unspecified atom stereocenters. The third kappa shape index (κ3) is 3.03. The summed E-state index contributed by atoms with van der Waals surface area (Å²) in [6.07, 6.45) is 2.27. The van der Waals surface area contributed by atoms with Crippen LogP contribution >= 0.6 is 34.8 Å². The Labute approximate surface area is 177 Å². The number of rotatable bonds is 3. The van der Waals surface area contributed by atoms with Crippen molar-refractivity contribution in [2.24, 2.45) is 5.92 Å². The van der Waals surface area contributed by atoms with E-state index in [1.54, 1.807) is 18.2 Å². The highest BCUT2D eigenvalue weighted by Crippen LogP contribution is 2.40. The van der Waals surface area contributed by atoms with E-state index in [4.69, 9.17) is 44.5 Å². The van der Waals surface area contributed by atoms with Crippen molar-refractivity contribution < 1.29 is 9.53 Å². The molecule has 0 radical (unpaired) electrons. The van der Waals surface area contributed by atoms with Crippen molar-refractivity contribution in [1.82, 2.24) is 9.55 Å². The maximum atomic E-state index is 12.9. The van der Waals surface area contributed by atoms with Crippen LogP contribution in [-0.4, -0.2) is 21.9 Å². The maximum Gasteiger partial charge on any atom is 0.168 e. The fraction of sp³-hybridized carbons (Fsp3) is 0.333. The van der Waals surface area contributed by atoms with Crippen molar-refractivity contribution in [2.45, 2.75) is 31.9 Å². The quantitative estimate of drug-likeness (QED) is 0.467. The first-order valence-electron chi connectivity index (χ1n) is 9.34. The van der Waals surface area contributed by atoms with Gasteiger partial charge in [-0.2, -0.15) is 0 Å². The van der Waals surface area contributed by atoms with Crippen molar-refractivity contribution in [3.8, 4) is 0 Å². The van der Waals surface area contributed by atoms with Gasteiger partial charge in [0.1, 0.15) is 17.4 Å². The van der Waals surface area contributed by atoms with Crippen molar-refractivity contribution in [1.29, 1.82) is 0 Å². The van der Waals surface area contributed by atoms with Gasteiger partial charge in [-0.15, -0.1) is 0 Å². The number of benzene rings is 2. The van der Waals surface area contributed by atoms with E-state index < -0.39 is 6.10 Å². The number of Topliss-reactive ketones (excluding diaryl/α,β-unsaturated/α-hetero) is 1. The van der Waals surface area contributed by atoms with Gasteiger partial charge in [-0.3, -0.25) is 4.79 Å². The molecule has 5 rings (SSSR count). The second-order valence-corrected chi connectivity index (χ2v) is 8.57. The monoisotopic (exact) mass is 434 g/mol. The molecule has 7 heteroatoms. The lowest BCUT2D eigenvalue weighted by Gasteiger charge is -2.17. The zero-order valence-electron chi connectivity index (χ0n) is 14.9. The molecule has 1 aliphatic heterocycles. The number of fused-ring (bicyclic) bond motifs is 3. The normalized spacial score (nSPS) is 19.5. The Morgan fingerprint density at radius 3 is 2.68 bits per heavy atom. The SMILES string of the molecule is O=C(c1ccc(Cl)c2nc3n(c12)CCCOC3c1ccc(Cl)cc1Cl)C1CC1. The van der Waals surface area contributed by atoms with Crippen LogP contribution in [0.5, 0.6) is 0 Å². The van der Waals surface area contributed by atoms with E-state index in [1.807, 2.05) is 12.1 Å². The lowest BCUT2D eigenvalue weighted by Crippen LogP contribution is -2.11. The van der Waals surface area contributed by atoms with Crippen LogP contribution in [0.4, 0.5) is 0 Å². The zero-order chi connectivity index (χ0) is 19.4. The predicted molar refractivity (Wildman–Crippen MR) is 111 cm³/mol. The average molecular weight is 436 g/mol. The van der Waals surface area contributed by atoms with E-state index in [0.29, 0.717) is 39.3 Å². The number of ketones is 1. The molecule has 144 valence electrons. The molecular formula is C21H17Cl3N2O2. The summed E-state index contributed by atoms with van der Waals surface area (Å²) in [7, 11) is 0. The fourth-order valence-corrected chi connectivity index (χ4v) is 4.56. The molecule has 2 heterocycles. The molecule has 2 aliphatic rings. The van der Waals surface area contributed by atoms with Gasteiger partial charge in [0, 0.05) is 40.2 Å². The van der Waals surface area contributed by atoms with Gasteiger partial charge in [0.2, 0.25) is 0 Å². The highest BCUT2D eigenvalue weighted by Gasteiger charge is 2.34. The molecule has 0 amide bonds. The Kier molecular flexibility index (Phi) is 4.63. The van der Waals surface area contributed by atoms with Gasteiger partial charge in [-0.1, -0.05) is 40.9 Å². The summed E-state index contributed by atoms with van der Waals surface area (Å²) in [6, 6.07) is 8.95. The van der Waals surface area contributed by atoms with Gasteiger partial charge in [-0.05, 0) is 43.5 Å². The zero-order valence-corrected chi connectivity index (χ0v) is 17.2. The number of halogens is 3. The second-order valence-electron chi connectivity index (χ2n) is 7.32. The van der Waals surface area contributed by atoms with E-state index in [0.717, 1.165) is 36.2 Å². The topological polar surface area (TPSA) is 44.1 Å². The third-order valence-corrected chi connectivity index (χ3v) is 6.25. The van der Waals surface area contributed by atoms with E-state index >= 15 is 0 Å². The number of imidazole rings is 1. The molecule has 0 N–H and O–H groups in total. The van der Waals surface area contributed by atoms with Crippen molar-refractivity contribution in [3.05, 3.63) is 62.4 Å². The van der Waals surface area contributed by atoms with Crippen LogP contribution in [0, 0.1) is 5.92 Å². The van der Waals surface area contributed by atoms with Gasteiger partial charge in [0.25, 0.3) is 0 Å². The lowest BCUT2D eigenvalue weighted by molar-refractivity contribution is 0.0814. The number of ether oxygens (including phenoxy) is 1. The number of hydrogen-bond donors (Lipinski definition) is 0. The fourth-order valence-electron chi connectivity index (χ4n) is 3.86. The van der Waals surface area contributed by atoms with Crippen LogP contribution in [-0.2, 0) is 11.3 Å². The Hall–Kier alpha value is -1.59. The molecule has 0 spiro atoms. The number of aryl methyl sites for hydroxylation is 1. The first-order valence-corrected chi connectivity index (χ1v) is 10.5. The van der Waals surface area contributed by atoms with E-state index in [1.165, 1.54) is 0 Å². The second kappa shape index (κ2) is 7.03. The number of carbonyl (C=O) groups excluding carboxylic acids is 1. The van der Waals surface area contributed by atoms with E-state index in [2.05, 4.69) is 4.57 Å². The van der Waals surface area contributed by atoms with Gasteiger partial charge >= 0.3 is 0 Å². The Morgan fingerprint density at radius 1 is 1.11 bits per heavy atom. The highest BCUT2D eigenvalue weighted by atomic mass is 35.5. The van der Waals surface area contributed by atoms with Gasteiger partial charge in [0.05, 0.1) is 10.5 Å². The van der Waals surface area contributed by atoms with Crippen LogP contribution in [0.3, 0.4) is 0 Å². The number of aromatic nitrogens is 2. The summed E-state index contributed by atoms with van der Waals surface area (Å²) in [6.45, 7) is 1.28. The number of nitrogens with zero attached hydrogens (tertiary/aromatic N) is 2. The van der Waals surface area contributed by atoms with Crippen LogP contribution in [0.2, 0.25) is 15.1 Å². The molecule has 3 aromatic rings. The number of hydrogen-bond acceptors (Lipinski definition) is 3. The van der Waals surface area contributed by atoms with Crippen molar-refractivity contribution in [3.63, 3.8) is 0 Å². The molecule has 1 aromatic heterocycles. The minimum Gasteiger partial charge on any atom is -0.365 e. The van der Waals surface area contributed by atoms with E-state index in [-0.39, 0.29) is 11.7 Å². The molecule has 1 atom stereocenters. The molecule has 28 heavy (non-hydrogen) atoms. The molecule has 1 aliphatic carbocycles. The molecule has 2 aromatic carbocycles. The summed E-state index contributed by atoms with van der Waals surface area (Å²) in [5.74, 6) is 1.02. The lowest BCUT2D eigenvalue weighted by atomic mass is 10.1. The van der Waals surface area contributed by atoms with Crippen molar-refractivity contribution in [2.75, 3.05) is 6.61 Å². The molecule has 0 saturated heterocycles. The first-order chi connectivity index (χ1) is 13.5. The first kappa shape index (κ1) is 18.4. The van der Waals surface area contributed by atoms with Crippen LogP contribution in [0.25, 0.3) is 11.0 Å².